The van der Waals surface area contributed by atoms with Crippen LogP contribution in [0.5, 0.6) is 11.5 Å². The zero-order valence-electron chi connectivity index (χ0n) is 12.0. The molecule has 18 heavy (non-hydrogen) atoms. The van der Waals surface area contributed by atoms with Gasteiger partial charge in [0.2, 0.25) is 0 Å². The van der Waals surface area contributed by atoms with Crippen LogP contribution in [0.15, 0.2) is 48.5 Å². The normalized spacial score (nSPS) is 10.8. The molecule has 0 bridgehead atoms. The Labute approximate surface area is 131 Å². The van der Waals surface area contributed by atoms with Crippen LogP contribution < -0.4 is 29.6 Å². The molecular formula is C15H17NaO2. The molecule has 0 fully saturated rings. The first kappa shape index (κ1) is 15.1. The van der Waals surface area contributed by atoms with Gasteiger partial charge in [0, 0.05) is 5.41 Å². The molecule has 0 aliphatic heterocycles. The standard InChI is InChI=1S/C15H16O2.Na.H/c1-15(2,11-3-7-13(16)8-4-11)12-5-9-14(17)10-6-12;;/h3-10,16-17H,1-2H3;;/q;+1;-1. The fraction of sp³-hybridized carbons (Fsp3) is 0.200. The van der Waals surface area contributed by atoms with Crippen molar-refractivity contribution in [2.24, 2.45) is 0 Å². The van der Waals surface area contributed by atoms with E-state index in [-0.39, 0.29) is 47.9 Å². The number of aromatic hydroxyl groups is 2. The van der Waals surface area contributed by atoms with E-state index in [2.05, 4.69) is 13.8 Å². The van der Waals surface area contributed by atoms with Crippen molar-refractivity contribution in [1.29, 1.82) is 0 Å². The molecule has 2 aromatic carbocycles. The summed E-state index contributed by atoms with van der Waals surface area (Å²) in [6.07, 6.45) is 0. The molecule has 0 aliphatic rings. The van der Waals surface area contributed by atoms with Crippen LogP contribution in [0.4, 0.5) is 0 Å². The number of phenolic OH excluding ortho intramolecular Hbond substituents is 2. The van der Waals surface area contributed by atoms with Gasteiger partial charge in [-0.3, -0.25) is 0 Å². The molecule has 0 aliphatic carbocycles. The van der Waals surface area contributed by atoms with Crippen LogP contribution in [-0.4, -0.2) is 10.2 Å². The van der Waals surface area contributed by atoms with Gasteiger partial charge in [0.15, 0.2) is 0 Å². The summed E-state index contributed by atoms with van der Waals surface area (Å²) in [4.78, 5) is 0. The molecule has 0 spiro atoms. The summed E-state index contributed by atoms with van der Waals surface area (Å²) >= 11 is 0. The largest absolute Gasteiger partial charge is 1.00 e. The van der Waals surface area contributed by atoms with Gasteiger partial charge in [0.1, 0.15) is 11.5 Å². The molecule has 0 atom stereocenters. The summed E-state index contributed by atoms with van der Waals surface area (Å²) in [5.41, 5.74) is 2.10. The molecule has 2 rings (SSSR count). The number of hydrogen-bond donors (Lipinski definition) is 2. The second kappa shape index (κ2) is 5.79. The smallest absolute Gasteiger partial charge is 1.00 e. The van der Waals surface area contributed by atoms with Gasteiger partial charge in [-0.25, -0.2) is 0 Å². The fourth-order valence-electron chi connectivity index (χ4n) is 1.92. The third-order valence-electron chi connectivity index (χ3n) is 3.18. The van der Waals surface area contributed by atoms with Crippen LogP contribution >= 0.6 is 0 Å². The molecule has 0 amide bonds. The van der Waals surface area contributed by atoms with Crippen molar-refractivity contribution in [3.05, 3.63) is 59.7 Å². The molecule has 0 saturated heterocycles. The Morgan fingerprint density at radius 1 is 0.722 bits per heavy atom. The number of benzene rings is 2. The molecule has 2 aromatic rings. The number of hydrogen-bond acceptors (Lipinski definition) is 2. The van der Waals surface area contributed by atoms with Crippen LogP contribution in [0.3, 0.4) is 0 Å². The van der Waals surface area contributed by atoms with E-state index in [0.717, 1.165) is 11.1 Å². The van der Waals surface area contributed by atoms with Crippen LogP contribution in [0.25, 0.3) is 0 Å². The Morgan fingerprint density at radius 2 is 1.00 bits per heavy atom. The van der Waals surface area contributed by atoms with E-state index in [9.17, 15) is 10.2 Å². The zero-order valence-corrected chi connectivity index (χ0v) is 13.0. The van der Waals surface area contributed by atoms with E-state index < -0.39 is 0 Å². The van der Waals surface area contributed by atoms with E-state index in [1.165, 1.54) is 0 Å². The predicted octanol–water partition coefficient (Wildman–Crippen LogP) is 0.540. The Bertz CT molecular complexity index is 459. The van der Waals surface area contributed by atoms with Crippen molar-refractivity contribution >= 4 is 0 Å². The van der Waals surface area contributed by atoms with Gasteiger partial charge in [-0.15, -0.1) is 0 Å². The van der Waals surface area contributed by atoms with Gasteiger partial charge in [0.05, 0.1) is 0 Å². The van der Waals surface area contributed by atoms with Crippen LogP contribution in [0, 0.1) is 0 Å². The summed E-state index contributed by atoms with van der Waals surface area (Å²) in [5.74, 6) is 0.547. The van der Waals surface area contributed by atoms with Crippen molar-refractivity contribution in [3.63, 3.8) is 0 Å². The topological polar surface area (TPSA) is 40.5 Å². The van der Waals surface area contributed by atoms with E-state index in [0.29, 0.717) is 0 Å². The van der Waals surface area contributed by atoms with Crippen molar-refractivity contribution in [1.82, 2.24) is 0 Å². The third kappa shape index (κ3) is 3.08. The number of rotatable bonds is 2. The SMILES string of the molecule is CC(C)(c1ccc(O)cc1)c1ccc(O)cc1.[H-].[Na+]. The first-order chi connectivity index (χ1) is 8.00. The Kier molecular flexibility index (Phi) is 4.85. The van der Waals surface area contributed by atoms with E-state index in [1.807, 2.05) is 24.3 Å². The summed E-state index contributed by atoms with van der Waals surface area (Å²) in [7, 11) is 0. The van der Waals surface area contributed by atoms with E-state index in [4.69, 9.17) is 0 Å². The van der Waals surface area contributed by atoms with Crippen LogP contribution in [0.1, 0.15) is 26.4 Å². The minimum atomic E-state index is -0.151. The van der Waals surface area contributed by atoms with Crippen molar-refractivity contribution < 1.29 is 41.2 Å². The second-order valence-electron chi connectivity index (χ2n) is 4.72. The van der Waals surface area contributed by atoms with Gasteiger partial charge < -0.3 is 11.6 Å². The van der Waals surface area contributed by atoms with Gasteiger partial charge in [-0.05, 0) is 35.4 Å². The molecule has 90 valence electrons. The molecular weight excluding hydrogens is 235 g/mol. The molecule has 3 heteroatoms. The van der Waals surface area contributed by atoms with Crippen molar-refractivity contribution in [2.75, 3.05) is 0 Å². The van der Waals surface area contributed by atoms with Crippen LogP contribution in [-0.2, 0) is 5.41 Å². The molecule has 0 aromatic heterocycles. The third-order valence-corrected chi connectivity index (χ3v) is 3.18. The first-order valence-electron chi connectivity index (χ1n) is 5.59. The summed E-state index contributed by atoms with van der Waals surface area (Å²) < 4.78 is 0. The number of phenols is 2. The predicted molar refractivity (Wildman–Crippen MR) is 69.5 cm³/mol. The fourth-order valence-corrected chi connectivity index (χ4v) is 1.92. The first-order valence-corrected chi connectivity index (χ1v) is 5.59. The van der Waals surface area contributed by atoms with Gasteiger partial charge in [-0.2, -0.15) is 0 Å². The Balaban J connectivity index is 0.00000162. The molecule has 2 N–H and O–H groups in total. The minimum absolute atomic E-state index is 0. The summed E-state index contributed by atoms with van der Waals surface area (Å²) in [5, 5.41) is 18.6. The maximum absolute atomic E-state index is 9.30. The van der Waals surface area contributed by atoms with Crippen LogP contribution in [0.2, 0.25) is 0 Å². The average Bonchev–Trinajstić information content (AvgIpc) is 2.30. The zero-order chi connectivity index (χ0) is 12.5. The van der Waals surface area contributed by atoms with Crippen molar-refractivity contribution in [3.8, 4) is 11.5 Å². The molecule has 0 saturated carbocycles. The monoisotopic (exact) mass is 252 g/mol. The average molecular weight is 252 g/mol. The molecule has 0 unspecified atom stereocenters. The quantitative estimate of drug-likeness (QED) is 0.766. The van der Waals surface area contributed by atoms with E-state index >= 15 is 0 Å². The summed E-state index contributed by atoms with van der Waals surface area (Å²) in [6, 6.07) is 14.4. The molecule has 0 heterocycles. The van der Waals surface area contributed by atoms with Gasteiger partial charge >= 0.3 is 29.6 Å². The molecule has 0 radical (unpaired) electrons. The maximum Gasteiger partial charge on any atom is 1.00 e. The maximum atomic E-state index is 9.30. The molecule has 2 nitrogen and oxygen atoms in total. The minimum Gasteiger partial charge on any atom is -1.00 e. The Morgan fingerprint density at radius 3 is 1.28 bits per heavy atom. The summed E-state index contributed by atoms with van der Waals surface area (Å²) in [6.45, 7) is 4.23. The Hall–Kier alpha value is -0.960. The second-order valence-corrected chi connectivity index (χ2v) is 4.72. The van der Waals surface area contributed by atoms with Gasteiger partial charge in [0.25, 0.3) is 0 Å². The van der Waals surface area contributed by atoms with Crippen molar-refractivity contribution in [2.45, 2.75) is 19.3 Å². The van der Waals surface area contributed by atoms with E-state index in [1.54, 1.807) is 24.3 Å². The van der Waals surface area contributed by atoms with Gasteiger partial charge in [-0.1, -0.05) is 38.1 Å².